The van der Waals surface area contributed by atoms with Gasteiger partial charge in [0.25, 0.3) is 0 Å². The Morgan fingerprint density at radius 2 is 1.96 bits per heavy atom. The maximum Gasteiger partial charge on any atom is 0.244 e. The highest BCUT2D eigenvalue weighted by molar-refractivity contribution is 5.91. The molecule has 2 aromatic rings. The quantitative estimate of drug-likeness (QED) is 0.498. The molecule has 3 N–H and O–H groups in total. The Labute approximate surface area is 150 Å². The summed E-state index contributed by atoms with van der Waals surface area (Å²) in [6, 6.07) is 4.90. The molecule has 1 aromatic heterocycles. The van der Waals surface area contributed by atoms with Crippen molar-refractivity contribution in [3.63, 3.8) is 0 Å². The van der Waals surface area contributed by atoms with E-state index < -0.39 is 17.5 Å². The molecule has 0 atom stereocenters. The molecule has 8 heteroatoms. The van der Waals surface area contributed by atoms with Gasteiger partial charge in [0.15, 0.2) is 0 Å². The van der Waals surface area contributed by atoms with Gasteiger partial charge in [0, 0.05) is 43.0 Å². The van der Waals surface area contributed by atoms with Crippen LogP contribution in [0.3, 0.4) is 0 Å². The van der Waals surface area contributed by atoms with Gasteiger partial charge < -0.3 is 16.0 Å². The number of carbonyl (C=O) groups is 1. The zero-order valence-corrected chi connectivity index (χ0v) is 14.6. The van der Waals surface area contributed by atoms with E-state index in [-0.39, 0.29) is 5.56 Å². The first-order valence-corrected chi connectivity index (χ1v) is 8.22. The molecule has 0 bridgehead atoms. The van der Waals surface area contributed by atoms with E-state index in [4.69, 9.17) is 0 Å². The molecule has 0 aliphatic heterocycles. The number of nitrogens with zero attached hydrogens (tertiary/aromatic N) is 2. The largest absolute Gasteiger partial charge is 0.370 e. The van der Waals surface area contributed by atoms with Crippen LogP contribution in [-0.4, -0.2) is 35.5 Å². The molecule has 0 fully saturated rings. The van der Waals surface area contributed by atoms with E-state index in [9.17, 15) is 13.6 Å². The number of rotatable bonds is 8. The SMILES string of the molecule is CCNc1cc(C)nc(NCCNC(=O)/C=C/c2cc(F)ccc2F)n1. The van der Waals surface area contributed by atoms with Gasteiger partial charge in [0.05, 0.1) is 0 Å². The third-order valence-electron chi connectivity index (χ3n) is 3.29. The van der Waals surface area contributed by atoms with Crippen molar-refractivity contribution in [1.82, 2.24) is 15.3 Å². The fourth-order valence-electron chi connectivity index (χ4n) is 2.15. The van der Waals surface area contributed by atoms with Crippen LogP contribution in [0.1, 0.15) is 18.2 Å². The van der Waals surface area contributed by atoms with Gasteiger partial charge >= 0.3 is 0 Å². The molecular weight excluding hydrogens is 340 g/mol. The van der Waals surface area contributed by atoms with Gasteiger partial charge in [0.2, 0.25) is 11.9 Å². The number of aromatic nitrogens is 2. The molecular formula is C18H21F2N5O. The molecule has 0 saturated carbocycles. The molecule has 0 aliphatic rings. The number of hydrogen-bond acceptors (Lipinski definition) is 5. The van der Waals surface area contributed by atoms with E-state index in [2.05, 4.69) is 25.9 Å². The van der Waals surface area contributed by atoms with Crippen molar-refractivity contribution in [2.24, 2.45) is 0 Å². The van der Waals surface area contributed by atoms with E-state index in [0.29, 0.717) is 19.0 Å². The summed E-state index contributed by atoms with van der Waals surface area (Å²) in [6.45, 7) is 5.34. The van der Waals surface area contributed by atoms with Gasteiger partial charge in [-0.2, -0.15) is 4.98 Å². The van der Waals surface area contributed by atoms with E-state index in [1.54, 1.807) is 0 Å². The first-order valence-electron chi connectivity index (χ1n) is 8.22. The van der Waals surface area contributed by atoms with Gasteiger partial charge in [-0.15, -0.1) is 0 Å². The number of hydrogen-bond donors (Lipinski definition) is 3. The van der Waals surface area contributed by atoms with Crippen LogP contribution >= 0.6 is 0 Å². The number of aryl methyl sites for hydroxylation is 1. The lowest BCUT2D eigenvalue weighted by atomic mass is 10.2. The smallest absolute Gasteiger partial charge is 0.244 e. The molecule has 6 nitrogen and oxygen atoms in total. The highest BCUT2D eigenvalue weighted by Gasteiger charge is 2.03. The summed E-state index contributed by atoms with van der Waals surface area (Å²) in [6.07, 6.45) is 2.39. The van der Waals surface area contributed by atoms with Crippen LogP contribution < -0.4 is 16.0 Å². The van der Waals surface area contributed by atoms with Crippen LogP contribution in [0.5, 0.6) is 0 Å². The van der Waals surface area contributed by atoms with Gasteiger partial charge in [-0.3, -0.25) is 4.79 Å². The standard InChI is InChI=1S/C18H21F2N5O/c1-3-21-16-10-12(2)24-18(25-16)23-9-8-22-17(26)7-4-13-11-14(19)5-6-15(13)20/h4-7,10-11H,3,8-9H2,1-2H3,(H,22,26)(H2,21,23,24,25)/b7-4+. The Balaban J connectivity index is 1.80. The molecule has 1 amide bonds. The van der Waals surface area contributed by atoms with Crippen molar-refractivity contribution in [3.8, 4) is 0 Å². The Morgan fingerprint density at radius 1 is 1.15 bits per heavy atom. The molecule has 138 valence electrons. The lowest BCUT2D eigenvalue weighted by molar-refractivity contribution is -0.116. The highest BCUT2D eigenvalue weighted by Crippen LogP contribution is 2.11. The minimum Gasteiger partial charge on any atom is -0.370 e. The molecule has 2 rings (SSSR count). The molecule has 1 aromatic carbocycles. The fraction of sp³-hybridized carbons (Fsp3) is 0.278. The van der Waals surface area contributed by atoms with Crippen molar-refractivity contribution >= 4 is 23.7 Å². The fourth-order valence-corrected chi connectivity index (χ4v) is 2.15. The molecule has 0 aliphatic carbocycles. The van der Waals surface area contributed by atoms with Crippen LogP contribution in [0.25, 0.3) is 6.08 Å². The Morgan fingerprint density at radius 3 is 2.73 bits per heavy atom. The van der Waals surface area contributed by atoms with Crippen LogP contribution in [0.4, 0.5) is 20.5 Å². The van der Waals surface area contributed by atoms with Gasteiger partial charge in [-0.1, -0.05) is 0 Å². The first kappa shape index (κ1) is 19.3. The number of carbonyl (C=O) groups excluding carboxylic acids is 1. The number of anilines is 2. The molecule has 0 spiro atoms. The predicted molar refractivity (Wildman–Crippen MR) is 97.8 cm³/mol. The Kier molecular flexibility index (Phi) is 7.02. The molecule has 0 radical (unpaired) electrons. The van der Waals surface area contributed by atoms with E-state index in [1.807, 2.05) is 19.9 Å². The van der Waals surface area contributed by atoms with Crippen molar-refractivity contribution in [1.29, 1.82) is 0 Å². The second-order valence-corrected chi connectivity index (χ2v) is 5.47. The summed E-state index contributed by atoms with van der Waals surface area (Å²) < 4.78 is 26.5. The first-order chi connectivity index (χ1) is 12.5. The summed E-state index contributed by atoms with van der Waals surface area (Å²) in [4.78, 5) is 20.3. The second-order valence-electron chi connectivity index (χ2n) is 5.47. The van der Waals surface area contributed by atoms with Crippen molar-refractivity contribution < 1.29 is 13.6 Å². The lowest BCUT2D eigenvalue weighted by Crippen LogP contribution is -2.27. The predicted octanol–water partition coefficient (Wildman–Crippen LogP) is 2.74. The third-order valence-corrected chi connectivity index (χ3v) is 3.29. The average Bonchev–Trinajstić information content (AvgIpc) is 2.59. The topological polar surface area (TPSA) is 78.9 Å². The zero-order chi connectivity index (χ0) is 18.9. The van der Waals surface area contributed by atoms with E-state index in [0.717, 1.165) is 42.3 Å². The van der Waals surface area contributed by atoms with Gasteiger partial charge in [0.1, 0.15) is 17.5 Å². The lowest BCUT2D eigenvalue weighted by Gasteiger charge is -2.09. The number of nitrogens with one attached hydrogen (secondary N) is 3. The van der Waals surface area contributed by atoms with Gasteiger partial charge in [-0.05, 0) is 38.1 Å². The maximum atomic E-state index is 13.5. The summed E-state index contributed by atoms with van der Waals surface area (Å²) in [5.41, 5.74) is 0.838. The number of benzene rings is 1. The van der Waals surface area contributed by atoms with E-state index >= 15 is 0 Å². The number of halogens is 2. The summed E-state index contributed by atoms with van der Waals surface area (Å²) >= 11 is 0. The molecule has 0 saturated heterocycles. The minimum absolute atomic E-state index is 0.0161. The molecule has 26 heavy (non-hydrogen) atoms. The third kappa shape index (κ3) is 6.12. The van der Waals surface area contributed by atoms with Gasteiger partial charge in [-0.25, -0.2) is 13.8 Å². The summed E-state index contributed by atoms with van der Waals surface area (Å²) in [5.74, 6) is -0.371. The monoisotopic (exact) mass is 361 g/mol. The summed E-state index contributed by atoms with van der Waals surface area (Å²) in [5, 5.41) is 8.77. The minimum atomic E-state index is -0.592. The van der Waals surface area contributed by atoms with Crippen molar-refractivity contribution in [2.45, 2.75) is 13.8 Å². The highest BCUT2D eigenvalue weighted by atomic mass is 19.1. The maximum absolute atomic E-state index is 13.5. The average molecular weight is 361 g/mol. The van der Waals surface area contributed by atoms with Crippen LogP contribution in [-0.2, 0) is 4.79 Å². The van der Waals surface area contributed by atoms with E-state index in [1.165, 1.54) is 6.08 Å². The van der Waals surface area contributed by atoms with Crippen LogP contribution in [0, 0.1) is 18.6 Å². The number of amides is 1. The molecule has 1 heterocycles. The second kappa shape index (κ2) is 9.45. The van der Waals surface area contributed by atoms with Crippen LogP contribution in [0.15, 0.2) is 30.3 Å². The van der Waals surface area contributed by atoms with Crippen molar-refractivity contribution in [3.05, 3.63) is 53.2 Å². The summed E-state index contributed by atoms with van der Waals surface area (Å²) in [7, 11) is 0. The zero-order valence-electron chi connectivity index (χ0n) is 14.6. The van der Waals surface area contributed by atoms with Crippen molar-refractivity contribution in [2.75, 3.05) is 30.3 Å². The normalized spacial score (nSPS) is 10.8. The Hall–Kier alpha value is -3.03. The Bertz CT molecular complexity index is 795. The molecule has 0 unspecified atom stereocenters. The van der Waals surface area contributed by atoms with Crippen LogP contribution in [0.2, 0.25) is 0 Å².